The molecule has 0 heterocycles. The van der Waals surface area contributed by atoms with Crippen molar-refractivity contribution in [1.29, 1.82) is 0 Å². The normalized spacial score (nSPS) is 11.1. The van der Waals surface area contributed by atoms with Gasteiger partial charge in [-0.15, -0.1) is 0 Å². The standard InChI is InChI=1S/C21H18N4O3/c26-21(15-22-20-9-3-7-17-6-1-2-8-19(17)20)24-23-14-4-5-16-10-12-18(13-11-16)25(27)28/h1-14,22H,15H2,(H,24,26)/b5-4+,23-14+. The summed E-state index contributed by atoms with van der Waals surface area (Å²) in [5, 5.41) is 19.7. The van der Waals surface area contributed by atoms with Crippen molar-refractivity contribution in [1.82, 2.24) is 5.43 Å². The number of nitrogens with zero attached hydrogens (tertiary/aromatic N) is 2. The van der Waals surface area contributed by atoms with E-state index in [1.54, 1.807) is 24.3 Å². The first-order chi connectivity index (χ1) is 13.6. The first-order valence-electron chi connectivity index (χ1n) is 8.58. The van der Waals surface area contributed by atoms with Crippen LogP contribution in [0.15, 0.2) is 77.9 Å². The molecule has 0 saturated heterocycles. The fourth-order valence-corrected chi connectivity index (χ4v) is 2.61. The molecule has 0 atom stereocenters. The predicted molar refractivity (Wildman–Crippen MR) is 111 cm³/mol. The van der Waals surface area contributed by atoms with E-state index in [0.717, 1.165) is 22.0 Å². The summed E-state index contributed by atoms with van der Waals surface area (Å²) < 4.78 is 0. The largest absolute Gasteiger partial charge is 0.376 e. The van der Waals surface area contributed by atoms with Gasteiger partial charge in [-0.3, -0.25) is 14.9 Å². The first kappa shape index (κ1) is 18.8. The molecule has 3 aromatic rings. The molecule has 7 nitrogen and oxygen atoms in total. The number of non-ortho nitro benzene ring substituents is 1. The number of benzene rings is 3. The van der Waals surface area contributed by atoms with Gasteiger partial charge in [-0.2, -0.15) is 5.10 Å². The van der Waals surface area contributed by atoms with Crippen molar-refractivity contribution in [2.24, 2.45) is 5.10 Å². The minimum atomic E-state index is -0.448. The SMILES string of the molecule is O=C(CNc1cccc2ccccc12)N/N=C/C=C/c1ccc([N+](=O)[O-])cc1. The zero-order valence-corrected chi connectivity index (χ0v) is 14.9. The van der Waals surface area contributed by atoms with Gasteiger partial charge in [-0.25, -0.2) is 5.43 Å². The lowest BCUT2D eigenvalue weighted by Gasteiger charge is -2.08. The number of nitrogens with one attached hydrogen (secondary N) is 2. The quantitative estimate of drug-likeness (QED) is 0.371. The molecule has 2 N–H and O–H groups in total. The van der Waals surface area contributed by atoms with Crippen LogP contribution in [-0.2, 0) is 4.79 Å². The Hall–Kier alpha value is -4.00. The van der Waals surface area contributed by atoms with Crippen LogP contribution < -0.4 is 10.7 Å². The van der Waals surface area contributed by atoms with Gasteiger partial charge in [-0.05, 0) is 35.2 Å². The fourth-order valence-electron chi connectivity index (χ4n) is 2.61. The van der Waals surface area contributed by atoms with E-state index in [-0.39, 0.29) is 18.1 Å². The summed E-state index contributed by atoms with van der Waals surface area (Å²) >= 11 is 0. The number of carbonyl (C=O) groups is 1. The van der Waals surface area contributed by atoms with Crippen molar-refractivity contribution in [2.75, 3.05) is 11.9 Å². The molecule has 0 fully saturated rings. The van der Waals surface area contributed by atoms with E-state index in [4.69, 9.17) is 0 Å². The summed E-state index contributed by atoms with van der Waals surface area (Å²) in [7, 11) is 0. The minimum absolute atomic E-state index is 0.0387. The second kappa shape index (κ2) is 9.09. The number of carbonyl (C=O) groups excluding carboxylic acids is 1. The minimum Gasteiger partial charge on any atom is -0.376 e. The second-order valence-corrected chi connectivity index (χ2v) is 5.90. The average molecular weight is 374 g/mol. The molecule has 0 radical (unpaired) electrons. The Morgan fingerprint density at radius 3 is 2.57 bits per heavy atom. The van der Waals surface area contributed by atoms with Gasteiger partial charge in [0.1, 0.15) is 0 Å². The number of hydrogen-bond acceptors (Lipinski definition) is 5. The second-order valence-electron chi connectivity index (χ2n) is 5.90. The van der Waals surface area contributed by atoms with E-state index in [2.05, 4.69) is 15.8 Å². The number of fused-ring (bicyclic) bond motifs is 1. The first-order valence-corrected chi connectivity index (χ1v) is 8.58. The van der Waals surface area contributed by atoms with E-state index in [9.17, 15) is 14.9 Å². The van der Waals surface area contributed by atoms with E-state index >= 15 is 0 Å². The van der Waals surface area contributed by atoms with Gasteiger partial charge in [0.25, 0.3) is 11.6 Å². The summed E-state index contributed by atoms with van der Waals surface area (Å²) in [5.41, 5.74) is 4.15. The van der Waals surface area contributed by atoms with Crippen molar-refractivity contribution >= 4 is 40.3 Å². The van der Waals surface area contributed by atoms with E-state index < -0.39 is 4.92 Å². The molecule has 28 heavy (non-hydrogen) atoms. The van der Waals surface area contributed by atoms with Gasteiger partial charge < -0.3 is 5.32 Å². The maximum atomic E-state index is 11.9. The Balaban J connectivity index is 1.48. The Labute approximate surface area is 161 Å². The number of rotatable bonds is 7. The molecule has 3 aromatic carbocycles. The lowest BCUT2D eigenvalue weighted by Crippen LogP contribution is -2.25. The van der Waals surface area contributed by atoms with Crippen molar-refractivity contribution in [3.63, 3.8) is 0 Å². The molecule has 0 unspecified atom stereocenters. The summed E-state index contributed by atoms with van der Waals surface area (Å²) in [6.45, 7) is 0.0947. The lowest BCUT2D eigenvalue weighted by molar-refractivity contribution is -0.384. The highest BCUT2D eigenvalue weighted by molar-refractivity contribution is 5.95. The van der Waals surface area contributed by atoms with Gasteiger partial charge in [0.2, 0.25) is 0 Å². The van der Waals surface area contributed by atoms with E-state index in [1.165, 1.54) is 18.3 Å². The molecule has 0 aliphatic rings. The van der Waals surface area contributed by atoms with Crippen LogP contribution >= 0.6 is 0 Å². The highest BCUT2D eigenvalue weighted by Crippen LogP contribution is 2.22. The third-order valence-electron chi connectivity index (χ3n) is 3.97. The van der Waals surface area contributed by atoms with E-state index in [0.29, 0.717) is 0 Å². The molecule has 7 heteroatoms. The fraction of sp³-hybridized carbons (Fsp3) is 0.0476. The molecule has 1 amide bonds. The van der Waals surface area contributed by atoms with Crippen LogP contribution in [0.2, 0.25) is 0 Å². The smallest absolute Gasteiger partial charge is 0.269 e. The van der Waals surface area contributed by atoms with Crippen LogP contribution in [-0.4, -0.2) is 23.6 Å². The summed E-state index contributed by atoms with van der Waals surface area (Å²) in [4.78, 5) is 22.1. The number of allylic oxidation sites excluding steroid dienone is 1. The van der Waals surface area contributed by atoms with Crippen LogP contribution in [0.5, 0.6) is 0 Å². The molecule has 3 rings (SSSR count). The monoisotopic (exact) mass is 374 g/mol. The van der Waals surface area contributed by atoms with Crippen LogP contribution in [0.3, 0.4) is 0 Å². The predicted octanol–water partition coefficient (Wildman–Crippen LogP) is 3.98. The lowest BCUT2D eigenvalue weighted by atomic mass is 10.1. The molecule has 0 aliphatic carbocycles. The Bertz CT molecular complexity index is 1040. The van der Waals surface area contributed by atoms with Gasteiger partial charge in [-0.1, -0.05) is 42.5 Å². The number of hydrazone groups is 1. The number of nitro groups is 1. The molecule has 140 valence electrons. The highest BCUT2D eigenvalue weighted by atomic mass is 16.6. The third kappa shape index (κ3) is 5.01. The van der Waals surface area contributed by atoms with Crippen LogP contribution in [0.4, 0.5) is 11.4 Å². The van der Waals surface area contributed by atoms with Crippen molar-refractivity contribution in [2.45, 2.75) is 0 Å². The number of amides is 1. The van der Waals surface area contributed by atoms with Gasteiger partial charge in [0.05, 0.1) is 11.5 Å². The number of hydrogen-bond donors (Lipinski definition) is 2. The van der Waals surface area contributed by atoms with Gasteiger partial charge in [0.15, 0.2) is 0 Å². The Morgan fingerprint density at radius 1 is 1.04 bits per heavy atom. The zero-order chi connectivity index (χ0) is 19.8. The summed E-state index contributed by atoms with van der Waals surface area (Å²) in [6, 6.07) is 19.9. The molecular formula is C21H18N4O3. The van der Waals surface area contributed by atoms with Crippen molar-refractivity contribution in [3.8, 4) is 0 Å². The Morgan fingerprint density at radius 2 is 1.79 bits per heavy atom. The van der Waals surface area contributed by atoms with Crippen molar-refractivity contribution < 1.29 is 9.72 Å². The maximum Gasteiger partial charge on any atom is 0.269 e. The van der Waals surface area contributed by atoms with Crippen LogP contribution in [0.1, 0.15) is 5.56 Å². The molecule has 0 spiro atoms. The number of nitro benzene ring substituents is 1. The maximum absolute atomic E-state index is 11.9. The average Bonchev–Trinajstić information content (AvgIpc) is 2.72. The van der Waals surface area contributed by atoms with Crippen LogP contribution in [0.25, 0.3) is 16.8 Å². The number of anilines is 1. The van der Waals surface area contributed by atoms with Gasteiger partial charge in [0, 0.05) is 29.4 Å². The van der Waals surface area contributed by atoms with Crippen LogP contribution in [0, 0.1) is 10.1 Å². The molecule has 0 aliphatic heterocycles. The topological polar surface area (TPSA) is 96.6 Å². The molecule has 0 aromatic heterocycles. The third-order valence-corrected chi connectivity index (χ3v) is 3.97. The Kier molecular flexibility index (Phi) is 6.10. The summed E-state index contributed by atoms with van der Waals surface area (Å²) in [6.07, 6.45) is 4.81. The summed E-state index contributed by atoms with van der Waals surface area (Å²) in [5.74, 6) is -0.270. The van der Waals surface area contributed by atoms with Crippen molar-refractivity contribution in [3.05, 3.63) is 88.5 Å². The van der Waals surface area contributed by atoms with Gasteiger partial charge >= 0.3 is 0 Å². The molecule has 0 saturated carbocycles. The zero-order valence-electron chi connectivity index (χ0n) is 14.9. The molecular weight excluding hydrogens is 356 g/mol. The highest BCUT2D eigenvalue weighted by Gasteiger charge is 2.03. The van der Waals surface area contributed by atoms with E-state index in [1.807, 2.05) is 42.5 Å². The molecule has 0 bridgehead atoms.